The van der Waals surface area contributed by atoms with E-state index in [1.54, 1.807) is 24.4 Å². The molecule has 0 aliphatic carbocycles. The first-order valence-corrected chi connectivity index (χ1v) is 8.23. The lowest BCUT2D eigenvalue weighted by Crippen LogP contribution is -2.38. The molecule has 1 aliphatic heterocycles. The molecule has 0 fully saturated rings. The van der Waals surface area contributed by atoms with Gasteiger partial charge in [-0.1, -0.05) is 24.3 Å². The lowest BCUT2D eigenvalue weighted by molar-refractivity contribution is -0.136. The first kappa shape index (κ1) is 16.1. The van der Waals surface area contributed by atoms with E-state index in [0.29, 0.717) is 17.9 Å². The molecule has 0 bridgehead atoms. The van der Waals surface area contributed by atoms with Crippen molar-refractivity contribution in [3.05, 3.63) is 60.3 Å². The van der Waals surface area contributed by atoms with Crippen LogP contribution in [0.5, 0.6) is 11.5 Å². The molecule has 3 aromatic rings. The van der Waals surface area contributed by atoms with Crippen LogP contribution in [0.25, 0.3) is 10.9 Å². The van der Waals surface area contributed by atoms with E-state index < -0.39 is 12.0 Å². The average molecular weight is 348 g/mol. The van der Waals surface area contributed by atoms with Gasteiger partial charge in [0.25, 0.3) is 0 Å². The molecule has 1 atom stereocenters. The van der Waals surface area contributed by atoms with Crippen molar-refractivity contribution in [1.82, 2.24) is 4.98 Å². The summed E-state index contributed by atoms with van der Waals surface area (Å²) in [6.07, 6.45) is 2.18. The van der Waals surface area contributed by atoms with Crippen LogP contribution in [0.15, 0.2) is 54.7 Å². The highest BCUT2D eigenvalue weighted by Crippen LogP contribution is 2.31. The maximum Gasteiger partial charge on any atom is 0.334 e. The molecule has 1 unspecified atom stereocenters. The minimum absolute atomic E-state index is 0.356. The highest BCUT2D eigenvalue weighted by atomic mass is 16.5. The highest BCUT2D eigenvalue weighted by Gasteiger charge is 2.29. The Morgan fingerprint density at radius 1 is 1.23 bits per heavy atom. The van der Waals surface area contributed by atoms with Gasteiger partial charge in [-0.15, -0.1) is 0 Å². The molecule has 1 aromatic heterocycles. The Kier molecular flexibility index (Phi) is 4.01. The van der Waals surface area contributed by atoms with E-state index in [1.165, 1.54) is 6.92 Å². The van der Waals surface area contributed by atoms with Gasteiger partial charge in [-0.25, -0.2) is 4.79 Å². The van der Waals surface area contributed by atoms with Crippen molar-refractivity contribution in [3.63, 3.8) is 0 Å². The Hall–Kier alpha value is -3.41. The van der Waals surface area contributed by atoms with Crippen molar-refractivity contribution in [3.8, 4) is 11.5 Å². The van der Waals surface area contributed by atoms with E-state index in [1.807, 2.05) is 30.3 Å². The molecule has 130 valence electrons. The van der Waals surface area contributed by atoms with Gasteiger partial charge in [0.2, 0.25) is 0 Å². The Morgan fingerprint density at radius 3 is 2.92 bits per heavy atom. The topological polar surface area (TPSA) is 77.5 Å². The fourth-order valence-electron chi connectivity index (χ4n) is 2.97. The summed E-state index contributed by atoms with van der Waals surface area (Å²) in [6.45, 7) is 1.32. The van der Waals surface area contributed by atoms with E-state index in [4.69, 9.17) is 9.47 Å². The normalized spacial score (nSPS) is 15.9. The minimum Gasteiger partial charge on any atom is -0.427 e. The summed E-state index contributed by atoms with van der Waals surface area (Å²) in [5, 5.41) is 4.18. The maximum absolute atomic E-state index is 12.3. The Bertz CT molecular complexity index is 1020. The maximum atomic E-state index is 12.3. The van der Waals surface area contributed by atoms with Gasteiger partial charge < -0.3 is 14.8 Å². The molecule has 1 aliphatic rings. The predicted molar refractivity (Wildman–Crippen MR) is 96.2 cm³/mol. The standard InChI is InChI=1S/C20H16N2O4/c1-12(23)25-16-7-6-14-9-18(20(24)26-19(14)10-16)22-15-8-13-4-2-3-5-17(13)21-11-15/h2-8,10-11,18,22H,9H2,1H3. The van der Waals surface area contributed by atoms with Crippen molar-refractivity contribution in [2.75, 3.05) is 5.32 Å². The number of nitrogens with zero attached hydrogens (tertiary/aromatic N) is 1. The van der Waals surface area contributed by atoms with E-state index in [-0.39, 0.29) is 5.97 Å². The molecule has 6 heteroatoms. The third-order valence-corrected chi connectivity index (χ3v) is 4.15. The zero-order valence-electron chi connectivity index (χ0n) is 14.1. The number of carbonyl (C=O) groups is 2. The van der Waals surface area contributed by atoms with Crippen LogP contribution in [0.3, 0.4) is 0 Å². The molecule has 6 nitrogen and oxygen atoms in total. The predicted octanol–water partition coefficient (Wildman–Crippen LogP) is 3.10. The molecule has 0 radical (unpaired) electrons. The van der Waals surface area contributed by atoms with Gasteiger partial charge in [-0.3, -0.25) is 9.78 Å². The summed E-state index contributed by atoms with van der Waals surface area (Å²) in [5.74, 6) is -0.0290. The highest BCUT2D eigenvalue weighted by molar-refractivity contribution is 5.86. The second-order valence-corrected chi connectivity index (χ2v) is 6.10. The second kappa shape index (κ2) is 6.48. The van der Waals surface area contributed by atoms with Crippen LogP contribution in [0.2, 0.25) is 0 Å². The number of nitrogens with one attached hydrogen (secondary N) is 1. The van der Waals surface area contributed by atoms with Gasteiger partial charge in [0.05, 0.1) is 17.4 Å². The quantitative estimate of drug-likeness (QED) is 0.579. The molecular formula is C20H16N2O4. The van der Waals surface area contributed by atoms with Gasteiger partial charge in [-0.05, 0) is 23.8 Å². The summed E-state index contributed by atoms with van der Waals surface area (Å²) in [7, 11) is 0. The number of pyridine rings is 1. The second-order valence-electron chi connectivity index (χ2n) is 6.10. The van der Waals surface area contributed by atoms with Gasteiger partial charge in [0.1, 0.15) is 17.5 Å². The fraction of sp³-hybridized carbons (Fsp3) is 0.150. The minimum atomic E-state index is -0.509. The number of benzene rings is 2. The largest absolute Gasteiger partial charge is 0.427 e. The molecule has 2 heterocycles. The third kappa shape index (κ3) is 3.21. The smallest absolute Gasteiger partial charge is 0.334 e. The SMILES string of the molecule is CC(=O)Oc1ccc2c(c1)OC(=O)C(Nc1cnc3ccccc3c1)C2. The Labute approximate surface area is 149 Å². The van der Waals surface area contributed by atoms with Crippen molar-refractivity contribution >= 4 is 28.5 Å². The lowest BCUT2D eigenvalue weighted by Gasteiger charge is -2.25. The van der Waals surface area contributed by atoms with Crippen LogP contribution >= 0.6 is 0 Å². The van der Waals surface area contributed by atoms with Crippen molar-refractivity contribution in [1.29, 1.82) is 0 Å². The Morgan fingerprint density at radius 2 is 2.08 bits per heavy atom. The molecule has 1 N–H and O–H groups in total. The van der Waals surface area contributed by atoms with Crippen LogP contribution < -0.4 is 14.8 Å². The number of fused-ring (bicyclic) bond motifs is 2. The van der Waals surface area contributed by atoms with Crippen LogP contribution in [-0.4, -0.2) is 23.0 Å². The van der Waals surface area contributed by atoms with Gasteiger partial charge >= 0.3 is 11.9 Å². The zero-order chi connectivity index (χ0) is 18.1. The summed E-state index contributed by atoms with van der Waals surface area (Å²) in [4.78, 5) is 27.8. The monoisotopic (exact) mass is 348 g/mol. The molecule has 0 saturated carbocycles. The first-order valence-electron chi connectivity index (χ1n) is 8.23. The average Bonchev–Trinajstić information content (AvgIpc) is 2.62. The summed E-state index contributed by atoms with van der Waals surface area (Å²) < 4.78 is 10.4. The molecule has 0 spiro atoms. The first-order chi connectivity index (χ1) is 12.6. The van der Waals surface area contributed by atoms with Crippen LogP contribution in [-0.2, 0) is 16.0 Å². The molecule has 26 heavy (non-hydrogen) atoms. The van der Waals surface area contributed by atoms with E-state index in [2.05, 4.69) is 10.3 Å². The van der Waals surface area contributed by atoms with E-state index in [0.717, 1.165) is 22.2 Å². The summed E-state index contributed by atoms with van der Waals surface area (Å²) in [5.41, 5.74) is 2.52. The van der Waals surface area contributed by atoms with Crippen LogP contribution in [0.1, 0.15) is 12.5 Å². The number of rotatable bonds is 3. The molecule has 0 saturated heterocycles. The number of ether oxygens (including phenoxy) is 2. The van der Waals surface area contributed by atoms with Crippen LogP contribution in [0, 0.1) is 0 Å². The van der Waals surface area contributed by atoms with Crippen LogP contribution in [0.4, 0.5) is 5.69 Å². The van der Waals surface area contributed by atoms with E-state index >= 15 is 0 Å². The molecule has 2 aromatic carbocycles. The molecule has 4 rings (SSSR count). The van der Waals surface area contributed by atoms with Gasteiger partial charge in [-0.2, -0.15) is 0 Å². The zero-order valence-corrected chi connectivity index (χ0v) is 14.1. The number of hydrogen-bond acceptors (Lipinski definition) is 6. The number of anilines is 1. The molecule has 0 amide bonds. The van der Waals surface area contributed by atoms with Crippen molar-refractivity contribution < 1.29 is 19.1 Å². The summed E-state index contributed by atoms with van der Waals surface area (Å²) >= 11 is 0. The van der Waals surface area contributed by atoms with E-state index in [9.17, 15) is 9.59 Å². The number of para-hydroxylation sites is 1. The van der Waals surface area contributed by atoms with Crippen molar-refractivity contribution in [2.45, 2.75) is 19.4 Å². The van der Waals surface area contributed by atoms with Crippen molar-refractivity contribution in [2.24, 2.45) is 0 Å². The lowest BCUT2D eigenvalue weighted by atomic mass is 10.0. The molecular weight excluding hydrogens is 332 g/mol. The summed E-state index contributed by atoms with van der Waals surface area (Å²) in [6, 6.07) is 14.3. The number of hydrogen-bond donors (Lipinski definition) is 1. The van der Waals surface area contributed by atoms with Gasteiger partial charge in [0.15, 0.2) is 0 Å². The van der Waals surface area contributed by atoms with Gasteiger partial charge in [0, 0.05) is 24.8 Å². The number of carbonyl (C=O) groups excluding carboxylic acids is 2. The third-order valence-electron chi connectivity index (χ3n) is 4.15. The Balaban J connectivity index is 1.55. The fourth-order valence-corrected chi connectivity index (χ4v) is 2.97. The number of esters is 2. The number of aromatic nitrogens is 1.